The fourth-order valence-corrected chi connectivity index (χ4v) is 3.03. The van der Waals surface area contributed by atoms with E-state index in [1.165, 1.54) is 9.56 Å². The van der Waals surface area contributed by atoms with Crippen molar-refractivity contribution in [2.45, 2.75) is 19.9 Å². The zero-order valence-corrected chi connectivity index (χ0v) is 13.0. The largest absolute Gasteiger partial charge is 0.354 e. The van der Waals surface area contributed by atoms with E-state index in [4.69, 9.17) is 0 Å². The first-order chi connectivity index (χ1) is 10.6. The molecule has 1 amide bonds. The van der Waals surface area contributed by atoms with Crippen LogP contribution in [0, 0.1) is 6.92 Å². The fraction of sp³-hybridized carbons (Fsp3) is 0.267. The van der Waals surface area contributed by atoms with Crippen LogP contribution >= 0.6 is 11.3 Å². The van der Waals surface area contributed by atoms with Crippen molar-refractivity contribution in [3.63, 3.8) is 0 Å². The third-order valence-corrected chi connectivity index (χ3v) is 4.32. The lowest BCUT2D eigenvalue weighted by Crippen LogP contribution is -2.35. The second-order valence-corrected chi connectivity index (χ2v) is 5.99. The van der Waals surface area contributed by atoms with Crippen molar-refractivity contribution in [3.8, 4) is 0 Å². The summed E-state index contributed by atoms with van der Waals surface area (Å²) < 4.78 is 2.93. The van der Waals surface area contributed by atoms with Crippen LogP contribution in [-0.4, -0.2) is 26.6 Å². The molecule has 0 saturated carbocycles. The van der Waals surface area contributed by atoms with Crippen molar-refractivity contribution in [1.82, 2.24) is 19.5 Å². The van der Waals surface area contributed by atoms with E-state index in [2.05, 4.69) is 10.4 Å². The average Bonchev–Trinajstić information content (AvgIpc) is 3.15. The standard InChI is InChI=1S/C15H16N4O2S/c1-11-17-19(15(21)13-5-2-8-18(11)13)10-14(20)16-7-6-12-4-3-9-22-12/h2-5,8-9H,6-7,10H2,1H3,(H,16,20). The smallest absolute Gasteiger partial charge is 0.291 e. The summed E-state index contributed by atoms with van der Waals surface area (Å²) in [6.45, 7) is 2.30. The third-order valence-electron chi connectivity index (χ3n) is 3.38. The van der Waals surface area contributed by atoms with Crippen LogP contribution < -0.4 is 10.9 Å². The molecule has 0 aromatic carbocycles. The van der Waals surface area contributed by atoms with Gasteiger partial charge in [-0.05, 0) is 36.9 Å². The summed E-state index contributed by atoms with van der Waals surface area (Å²) in [6, 6.07) is 7.53. The summed E-state index contributed by atoms with van der Waals surface area (Å²) in [5, 5.41) is 9.01. The number of nitrogens with zero attached hydrogens (tertiary/aromatic N) is 3. The van der Waals surface area contributed by atoms with Crippen LogP contribution in [-0.2, 0) is 17.8 Å². The first kappa shape index (κ1) is 14.5. The minimum atomic E-state index is -0.260. The van der Waals surface area contributed by atoms with Crippen molar-refractivity contribution in [2.24, 2.45) is 0 Å². The van der Waals surface area contributed by atoms with Crippen molar-refractivity contribution in [1.29, 1.82) is 0 Å². The Balaban J connectivity index is 1.66. The van der Waals surface area contributed by atoms with Gasteiger partial charge in [-0.25, -0.2) is 4.68 Å². The number of fused-ring (bicyclic) bond motifs is 1. The lowest BCUT2D eigenvalue weighted by atomic mass is 10.3. The molecular formula is C15H16N4O2S. The van der Waals surface area contributed by atoms with E-state index in [0.29, 0.717) is 17.9 Å². The predicted molar refractivity (Wildman–Crippen MR) is 85.2 cm³/mol. The number of carbonyl (C=O) groups excluding carboxylic acids is 1. The van der Waals surface area contributed by atoms with Gasteiger partial charge in [0.2, 0.25) is 5.91 Å². The highest BCUT2D eigenvalue weighted by Gasteiger charge is 2.10. The SMILES string of the molecule is Cc1nn(CC(=O)NCCc2cccs2)c(=O)c2cccn12. The van der Waals surface area contributed by atoms with E-state index in [0.717, 1.165) is 6.42 Å². The molecule has 0 fully saturated rings. The van der Waals surface area contributed by atoms with Crippen LogP contribution in [0.5, 0.6) is 0 Å². The topological polar surface area (TPSA) is 68.4 Å². The Morgan fingerprint density at radius 1 is 1.36 bits per heavy atom. The quantitative estimate of drug-likeness (QED) is 0.769. The van der Waals surface area contributed by atoms with Crippen molar-refractivity contribution in [2.75, 3.05) is 6.54 Å². The van der Waals surface area contributed by atoms with Gasteiger partial charge in [0.15, 0.2) is 0 Å². The highest BCUT2D eigenvalue weighted by molar-refractivity contribution is 7.09. The van der Waals surface area contributed by atoms with E-state index >= 15 is 0 Å². The second-order valence-electron chi connectivity index (χ2n) is 4.95. The maximum atomic E-state index is 12.2. The maximum Gasteiger partial charge on any atom is 0.291 e. The molecule has 0 bridgehead atoms. The number of hydrogen-bond donors (Lipinski definition) is 1. The van der Waals surface area contributed by atoms with Crippen molar-refractivity contribution < 1.29 is 4.79 Å². The molecule has 0 aliphatic heterocycles. The number of amides is 1. The number of rotatable bonds is 5. The molecule has 0 saturated heterocycles. The van der Waals surface area contributed by atoms with E-state index in [9.17, 15) is 9.59 Å². The Bertz CT molecular complexity index is 848. The van der Waals surface area contributed by atoms with E-state index < -0.39 is 0 Å². The lowest BCUT2D eigenvalue weighted by Gasteiger charge is -2.08. The van der Waals surface area contributed by atoms with Gasteiger partial charge in [-0.1, -0.05) is 6.07 Å². The maximum absolute atomic E-state index is 12.2. The van der Waals surface area contributed by atoms with Gasteiger partial charge in [0.25, 0.3) is 5.56 Å². The van der Waals surface area contributed by atoms with Crippen LogP contribution in [0.4, 0.5) is 0 Å². The van der Waals surface area contributed by atoms with Crippen molar-refractivity contribution >= 4 is 22.8 Å². The van der Waals surface area contributed by atoms with Crippen LogP contribution in [0.25, 0.3) is 5.52 Å². The number of aromatic nitrogens is 3. The summed E-state index contributed by atoms with van der Waals surface area (Å²) in [4.78, 5) is 25.4. The number of nitrogens with one attached hydrogen (secondary N) is 1. The molecule has 3 aromatic heterocycles. The van der Waals surface area contributed by atoms with E-state index in [-0.39, 0.29) is 18.0 Å². The predicted octanol–water partition coefficient (Wildman–Crippen LogP) is 1.22. The highest BCUT2D eigenvalue weighted by Crippen LogP contribution is 2.08. The molecule has 3 rings (SSSR count). The Morgan fingerprint density at radius 3 is 3.00 bits per heavy atom. The van der Waals surface area contributed by atoms with Gasteiger partial charge in [-0.2, -0.15) is 5.10 Å². The second kappa shape index (κ2) is 6.15. The Kier molecular flexibility index (Phi) is 4.06. The van der Waals surface area contributed by atoms with Gasteiger partial charge in [-0.15, -0.1) is 11.3 Å². The van der Waals surface area contributed by atoms with Gasteiger partial charge < -0.3 is 5.32 Å². The first-order valence-electron chi connectivity index (χ1n) is 6.99. The number of hydrogen-bond acceptors (Lipinski definition) is 4. The Morgan fingerprint density at radius 2 is 2.23 bits per heavy atom. The summed E-state index contributed by atoms with van der Waals surface area (Å²) in [6.07, 6.45) is 2.58. The number of thiophene rings is 1. The van der Waals surface area contributed by atoms with Gasteiger partial charge in [0.05, 0.1) is 0 Å². The van der Waals surface area contributed by atoms with Crippen LogP contribution in [0.2, 0.25) is 0 Å². The van der Waals surface area contributed by atoms with Gasteiger partial charge in [0, 0.05) is 17.6 Å². The lowest BCUT2D eigenvalue weighted by molar-refractivity contribution is -0.121. The molecule has 22 heavy (non-hydrogen) atoms. The molecule has 0 aliphatic carbocycles. The minimum absolute atomic E-state index is 0.0637. The molecule has 3 aromatic rings. The molecule has 0 unspecified atom stereocenters. The average molecular weight is 316 g/mol. The Labute approximate surface area is 131 Å². The number of carbonyl (C=O) groups is 1. The molecule has 0 atom stereocenters. The van der Waals surface area contributed by atoms with Crippen molar-refractivity contribution in [3.05, 3.63) is 56.9 Å². The monoisotopic (exact) mass is 316 g/mol. The summed E-state index contributed by atoms with van der Waals surface area (Å²) in [5.74, 6) is 0.465. The van der Waals surface area contributed by atoms with Crippen LogP contribution in [0.1, 0.15) is 10.7 Å². The zero-order chi connectivity index (χ0) is 15.5. The molecule has 1 N–H and O–H groups in total. The molecule has 0 radical (unpaired) electrons. The van der Waals surface area contributed by atoms with E-state index in [1.807, 2.05) is 17.5 Å². The minimum Gasteiger partial charge on any atom is -0.354 e. The van der Waals surface area contributed by atoms with Gasteiger partial charge in [-0.3, -0.25) is 14.0 Å². The normalized spacial score (nSPS) is 11.0. The highest BCUT2D eigenvalue weighted by atomic mass is 32.1. The molecule has 0 spiro atoms. The number of aryl methyl sites for hydroxylation is 1. The zero-order valence-electron chi connectivity index (χ0n) is 12.2. The van der Waals surface area contributed by atoms with Crippen LogP contribution in [0.15, 0.2) is 40.6 Å². The molecule has 114 valence electrons. The summed E-state index contributed by atoms with van der Waals surface area (Å²) in [5.41, 5.74) is 0.267. The van der Waals surface area contributed by atoms with Crippen LogP contribution in [0.3, 0.4) is 0 Å². The summed E-state index contributed by atoms with van der Waals surface area (Å²) >= 11 is 1.66. The van der Waals surface area contributed by atoms with Gasteiger partial charge in [0.1, 0.15) is 17.9 Å². The third kappa shape index (κ3) is 2.94. The first-order valence-corrected chi connectivity index (χ1v) is 7.87. The molecule has 6 nitrogen and oxygen atoms in total. The Hall–Kier alpha value is -2.41. The van der Waals surface area contributed by atoms with Gasteiger partial charge >= 0.3 is 0 Å². The fourth-order valence-electron chi connectivity index (χ4n) is 2.32. The molecule has 0 aliphatic rings. The molecular weight excluding hydrogens is 300 g/mol. The van der Waals surface area contributed by atoms with E-state index in [1.54, 1.807) is 41.0 Å². The summed E-state index contributed by atoms with van der Waals surface area (Å²) in [7, 11) is 0. The molecule has 3 heterocycles. The molecule has 7 heteroatoms.